The van der Waals surface area contributed by atoms with Crippen LogP contribution in [0.3, 0.4) is 0 Å². The zero-order chi connectivity index (χ0) is 14.0. The third-order valence-electron chi connectivity index (χ3n) is 3.21. The smallest absolute Gasteiger partial charge is 0.152 e. The molecular formula is C12H17N3O2S2. The molecule has 0 aliphatic carbocycles. The van der Waals surface area contributed by atoms with E-state index in [9.17, 15) is 8.42 Å². The first-order chi connectivity index (χ1) is 8.89. The average Bonchev–Trinajstić information content (AvgIpc) is 2.26. The first-order valence-electron chi connectivity index (χ1n) is 6.11. The maximum atomic E-state index is 11.6. The molecule has 2 rings (SSSR count). The van der Waals surface area contributed by atoms with Crippen molar-refractivity contribution in [2.24, 2.45) is 5.73 Å². The molecule has 1 unspecified atom stereocenters. The molecule has 0 aromatic carbocycles. The van der Waals surface area contributed by atoms with Gasteiger partial charge in [-0.25, -0.2) is 13.4 Å². The molecule has 0 spiro atoms. The maximum Gasteiger partial charge on any atom is 0.152 e. The third kappa shape index (κ3) is 3.42. The number of nitrogens with two attached hydrogens (primary N) is 1. The third-order valence-corrected chi connectivity index (χ3v) is 5.23. The standard InChI is InChI=1S/C12H17N3O2S2/c1-8-4-5-14-12(10(8)11(13)18)15-9-3-2-6-19(16,17)7-9/h4-5,9H,2-3,6-7H2,1H3,(H2,13,18)(H,14,15). The zero-order valence-corrected chi connectivity index (χ0v) is 12.4. The number of aromatic nitrogens is 1. The number of nitrogens with zero attached hydrogens (tertiary/aromatic N) is 1. The van der Waals surface area contributed by atoms with E-state index in [4.69, 9.17) is 18.0 Å². The second kappa shape index (κ2) is 5.42. The van der Waals surface area contributed by atoms with Crippen LogP contribution in [0.15, 0.2) is 12.3 Å². The molecule has 1 saturated heterocycles. The van der Waals surface area contributed by atoms with E-state index in [0.717, 1.165) is 12.0 Å². The number of nitrogens with one attached hydrogen (secondary N) is 1. The highest BCUT2D eigenvalue weighted by molar-refractivity contribution is 7.91. The number of anilines is 1. The lowest BCUT2D eigenvalue weighted by molar-refractivity contribution is 0.561. The second-order valence-corrected chi connectivity index (χ2v) is 7.48. The molecule has 1 aliphatic heterocycles. The summed E-state index contributed by atoms with van der Waals surface area (Å²) in [4.78, 5) is 4.50. The number of hydrogen-bond acceptors (Lipinski definition) is 5. The summed E-state index contributed by atoms with van der Waals surface area (Å²) < 4.78 is 23.3. The van der Waals surface area contributed by atoms with Crippen molar-refractivity contribution in [1.82, 2.24) is 4.98 Å². The highest BCUT2D eigenvalue weighted by atomic mass is 32.2. The Hall–Kier alpha value is -1.21. The highest BCUT2D eigenvalue weighted by Gasteiger charge is 2.25. The van der Waals surface area contributed by atoms with Gasteiger partial charge >= 0.3 is 0 Å². The molecule has 1 aromatic heterocycles. The molecule has 7 heteroatoms. The SMILES string of the molecule is Cc1ccnc(NC2CCCS(=O)(=O)C2)c1C(N)=S. The number of rotatable bonds is 3. The molecular weight excluding hydrogens is 282 g/mol. The summed E-state index contributed by atoms with van der Waals surface area (Å²) in [6, 6.07) is 1.71. The van der Waals surface area contributed by atoms with Crippen LogP contribution in [0.25, 0.3) is 0 Å². The van der Waals surface area contributed by atoms with Gasteiger partial charge in [0.05, 0.1) is 17.1 Å². The Morgan fingerprint density at radius 2 is 2.32 bits per heavy atom. The van der Waals surface area contributed by atoms with Crippen molar-refractivity contribution in [3.8, 4) is 0 Å². The van der Waals surface area contributed by atoms with Crippen LogP contribution in [0.5, 0.6) is 0 Å². The van der Waals surface area contributed by atoms with Crippen molar-refractivity contribution in [2.75, 3.05) is 16.8 Å². The van der Waals surface area contributed by atoms with Gasteiger partial charge in [-0.15, -0.1) is 0 Å². The molecule has 0 bridgehead atoms. The van der Waals surface area contributed by atoms with E-state index < -0.39 is 9.84 Å². The van der Waals surface area contributed by atoms with Crippen LogP contribution in [0.4, 0.5) is 5.82 Å². The van der Waals surface area contributed by atoms with Gasteiger partial charge in [0.2, 0.25) is 0 Å². The lowest BCUT2D eigenvalue weighted by Crippen LogP contribution is -2.35. The Morgan fingerprint density at radius 3 is 2.95 bits per heavy atom. The van der Waals surface area contributed by atoms with Gasteiger partial charge in [-0.2, -0.15) is 0 Å². The molecule has 1 fully saturated rings. The van der Waals surface area contributed by atoms with Crippen LogP contribution in [-0.2, 0) is 9.84 Å². The number of pyridine rings is 1. The number of sulfone groups is 1. The minimum absolute atomic E-state index is 0.124. The Morgan fingerprint density at radius 1 is 1.58 bits per heavy atom. The first-order valence-corrected chi connectivity index (χ1v) is 8.34. The molecule has 1 aliphatic rings. The summed E-state index contributed by atoms with van der Waals surface area (Å²) in [5, 5.41) is 3.17. The average molecular weight is 299 g/mol. The Bertz CT molecular complexity index is 599. The fraction of sp³-hybridized carbons (Fsp3) is 0.500. The molecule has 104 valence electrons. The van der Waals surface area contributed by atoms with Gasteiger partial charge in [0.1, 0.15) is 10.8 Å². The molecule has 0 radical (unpaired) electrons. The van der Waals surface area contributed by atoms with Gasteiger partial charge in [0.15, 0.2) is 9.84 Å². The largest absolute Gasteiger partial charge is 0.389 e. The fourth-order valence-corrected chi connectivity index (χ4v) is 4.20. The van der Waals surface area contributed by atoms with Gasteiger partial charge in [-0.05, 0) is 31.4 Å². The van der Waals surface area contributed by atoms with E-state index in [0.29, 0.717) is 17.8 Å². The Labute approximate surface area is 118 Å². The molecule has 2 heterocycles. The van der Waals surface area contributed by atoms with Crippen molar-refractivity contribution < 1.29 is 8.42 Å². The molecule has 3 N–H and O–H groups in total. The summed E-state index contributed by atoms with van der Waals surface area (Å²) in [6.07, 6.45) is 3.15. The van der Waals surface area contributed by atoms with Crippen LogP contribution in [-0.4, -0.2) is 35.9 Å². The molecule has 1 atom stereocenters. The van der Waals surface area contributed by atoms with E-state index in [1.54, 1.807) is 6.20 Å². The minimum Gasteiger partial charge on any atom is -0.389 e. The number of thiocarbonyl (C=S) groups is 1. The molecule has 5 nitrogen and oxygen atoms in total. The van der Waals surface area contributed by atoms with E-state index >= 15 is 0 Å². The first kappa shape index (κ1) is 14.2. The van der Waals surface area contributed by atoms with E-state index in [1.165, 1.54) is 0 Å². The Kier molecular flexibility index (Phi) is 4.05. The van der Waals surface area contributed by atoms with Crippen molar-refractivity contribution in [3.63, 3.8) is 0 Å². The van der Waals surface area contributed by atoms with Crippen molar-refractivity contribution >= 4 is 32.9 Å². The lowest BCUT2D eigenvalue weighted by Gasteiger charge is -2.24. The number of aryl methyl sites for hydroxylation is 1. The molecule has 0 amide bonds. The summed E-state index contributed by atoms with van der Waals surface area (Å²) in [6.45, 7) is 1.90. The van der Waals surface area contributed by atoms with Crippen molar-refractivity contribution in [3.05, 3.63) is 23.4 Å². The molecule has 0 saturated carbocycles. The maximum absolute atomic E-state index is 11.6. The number of hydrogen-bond donors (Lipinski definition) is 2. The van der Waals surface area contributed by atoms with E-state index in [1.807, 2.05) is 13.0 Å². The van der Waals surface area contributed by atoms with E-state index in [2.05, 4.69) is 10.3 Å². The monoisotopic (exact) mass is 299 g/mol. The van der Waals surface area contributed by atoms with Gasteiger partial charge < -0.3 is 11.1 Å². The second-order valence-electron chi connectivity index (χ2n) is 4.81. The summed E-state index contributed by atoms with van der Waals surface area (Å²) in [5.74, 6) is 0.989. The van der Waals surface area contributed by atoms with Crippen LogP contribution in [0.1, 0.15) is 24.0 Å². The normalized spacial score (nSPS) is 21.8. The topological polar surface area (TPSA) is 85.1 Å². The van der Waals surface area contributed by atoms with Crippen LogP contribution >= 0.6 is 12.2 Å². The van der Waals surface area contributed by atoms with Gasteiger partial charge in [0.25, 0.3) is 0 Å². The summed E-state index contributed by atoms with van der Waals surface area (Å²) in [7, 11) is -2.95. The van der Waals surface area contributed by atoms with Gasteiger partial charge in [0, 0.05) is 12.2 Å². The van der Waals surface area contributed by atoms with E-state index in [-0.39, 0.29) is 22.5 Å². The molecule has 1 aromatic rings. The fourth-order valence-electron chi connectivity index (χ4n) is 2.31. The van der Waals surface area contributed by atoms with Crippen LogP contribution in [0, 0.1) is 6.92 Å². The van der Waals surface area contributed by atoms with Gasteiger partial charge in [-0.1, -0.05) is 12.2 Å². The van der Waals surface area contributed by atoms with Gasteiger partial charge in [-0.3, -0.25) is 0 Å². The summed E-state index contributed by atoms with van der Waals surface area (Å²) >= 11 is 5.03. The quantitative estimate of drug-likeness (QED) is 0.810. The highest BCUT2D eigenvalue weighted by Crippen LogP contribution is 2.21. The van der Waals surface area contributed by atoms with Crippen LogP contribution in [0.2, 0.25) is 0 Å². The predicted molar refractivity (Wildman–Crippen MR) is 80.2 cm³/mol. The van der Waals surface area contributed by atoms with Crippen LogP contribution < -0.4 is 11.1 Å². The summed E-state index contributed by atoms with van der Waals surface area (Å²) in [5.41, 5.74) is 7.34. The lowest BCUT2D eigenvalue weighted by atomic mass is 10.1. The van der Waals surface area contributed by atoms with Crippen molar-refractivity contribution in [2.45, 2.75) is 25.8 Å². The Balaban J connectivity index is 2.24. The predicted octanol–water partition coefficient (Wildman–Crippen LogP) is 1.01. The minimum atomic E-state index is -2.95. The molecule has 19 heavy (non-hydrogen) atoms. The van der Waals surface area contributed by atoms with Crippen molar-refractivity contribution in [1.29, 1.82) is 0 Å². The zero-order valence-electron chi connectivity index (χ0n) is 10.7.